The number of rotatable bonds is 9. The summed E-state index contributed by atoms with van der Waals surface area (Å²) >= 11 is 0. The highest BCUT2D eigenvalue weighted by Gasteiger charge is 2.19. The van der Waals surface area contributed by atoms with Gasteiger partial charge < -0.3 is 15.0 Å². The molecule has 0 bridgehead atoms. The fourth-order valence-electron chi connectivity index (χ4n) is 4.27. The number of likely N-dealkylation sites (tertiary alicyclic amines) is 1. The second kappa shape index (κ2) is 11.5. The van der Waals surface area contributed by atoms with E-state index in [0.717, 1.165) is 43.5 Å². The lowest BCUT2D eigenvalue weighted by Gasteiger charge is -2.32. The van der Waals surface area contributed by atoms with Gasteiger partial charge in [0.05, 0.1) is 0 Å². The molecule has 1 N–H and O–H groups in total. The summed E-state index contributed by atoms with van der Waals surface area (Å²) in [4.78, 5) is 14.9. The zero-order chi connectivity index (χ0) is 22.0. The van der Waals surface area contributed by atoms with Crippen LogP contribution in [0.4, 0.5) is 0 Å². The first-order valence-corrected chi connectivity index (χ1v) is 11.6. The summed E-state index contributed by atoms with van der Waals surface area (Å²) in [5.74, 6) is 2.28. The van der Waals surface area contributed by atoms with Crippen molar-refractivity contribution >= 4 is 5.91 Å². The predicted molar refractivity (Wildman–Crippen MR) is 129 cm³/mol. The number of para-hydroxylation sites is 1. The number of nitrogens with zero attached hydrogens (tertiary/aromatic N) is 1. The minimum absolute atomic E-state index is 0.0298. The Morgan fingerprint density at radius 2 is 1.47 bits per heavy atom. The van der Waals surface area contributed by atoms with Gasteiger partial charge in [0.2, 0.25) is 0 Å². The Morgan fingerprint density at radius 3 is 2.16 bits per heavy atom. The molecule has 1 saturated heterocycles. The minimum Gasteiger partial charge on any atom is -0.457 e. The number of hydrogen-bond donors (Lipinski definition) is 1. The maximum Gasteiger partial charge on any atom is 0.251 e. The van der Waals surface area contributed by atoms with Crippen LogP contribution >= 0.6 is 0 Å². The predicted octanol–water partition coefficient (Wildman–Crippen LogP) is 5.55. The van der Waals surface area contributed by atoms with E-state index in [0.29, 0.717) is 12.1 Å². The summed E-state index contributed by atoms with van der Waals surface area (Å²) in [5, 5.41) is 3.04. The van der Waals surface area contributed by atoms with Crippen molar-refractivity contribution < 1.29 is 9.53 Å². The van der Waals surface area contributed by atoms with Gasteiger partial charge in [-0.05, 0) is 93.2 Å². The quantitative estimate of drug-likeness (QED) is 0.454. The van der Waals surface area contributed by atoms with E-state index in [2.05, 4.69) is 40.5 Å². The van der Waals surface area contributed by atoms with E-state index < -0.39 is 0 Å². The average molecular weight is 429 g/mol. The fourth-order valence-corrected chi connectivity index (χ4v) is 4.27. The number of carbonyl (C=O) groups excluding carboxylic acids is 1. The molecule has 0 radical (unpaired) electrons. The lowest BCUT2D eigenvalue weighted by molar-refractivity contribution is 0.0950. The van der Waals surface area contributed by atoms with Gasteiger partial charge in [0.15, 0.2) is 0 Å². The highest BCUT2D eigenvalue weighted by atomic mass is 16.5. The van der Waals surface area contributed by atoms with Crippen molar-refractivity contribution in [1.82, 2.24) is 10.2 Å². The molecule has 1 heterocycles. The Kier molecular flexibility index (Phi) is 7.94. The molecule has 0 saturated carbocycles. The fraction of sp³-hybridized carbons (Fsp3) is 0.321. The van der Waals surface area contributed by atoms with E-state index in [9.17, 15) is 4.79 Å². The highest BCUT2D eigenvalue weighted by molar-refractivity contribution is 5.94. The van der Waals surface area contributed by atoms with E-state index in [1.54, 1.807) is 0 Å². The molecule has 0 atom stereocenters. The molecule has 3 aromatic carbocycles. The summed E-state index contributed by atoms with van der Waals surface area (Å²) in [6.07, 6.45) is 4.70. The molecule has 4 heteroatoms. The van der Waals surface area contributed by atoms with Crippen molar-refractivity contribution in [1.29, 1.82) is 0 Å². The van der Waals surface area contributed by atoms with Gasteiger partial charge in [-0.25, -0.2) is 0 Å². The van der Waals surface area contributed by atoms with Crippen LogP contribution in [-0.4, -0.2) is 37.0 Å². The first-order valence-electron chi connectivity index (χ1n) is 11.6. The molecule has 166 valence electrons. The average Bonchev–Trinajstić information content (AvgIpc) is 2.84. The molecular weight excluding hydrogens is 396 g/mol. The lowest BCUT2D eigenvalue weighted by atomic mass is 9.90. The molecule has 3 aromatic rings. The van der Waals surface area contributed by atoms with Gasteiger partial charge in [0, 0.05) is 12.1 Å². The van der Waals surface area contributed by atoms with Crippen molar-refractivity contribution in [3.8, 4) is 11.5 Å². The van der Waals surface area contributed by atoms with Gasteiger partial charge in [0.25, 0.3) is 5.91 Å². The van der Waals surface area contributed by atoms with Gasteiger partial charge in [-0.1, -0.05) is 48.5 Å². The number of carbonyl (C=O) groups is 1. The summed E-state index contributed by atoms with van der Waals surface area (Å²) in [7, 11) is 0. The van der Waals surface area contributed by atoms with Crippen molar-refractivity contribution in [3.63, 3.8) is 0 Å². The van der Waals surface area contributed by atoms with Crippen LogP contribution in [0.15, 0.2) is 84.9 Å². The highest BCUT2D eigenvalue weighted by Crippen LogP contribution is 2.22. The molecule has 32 heavy (non-hydrogen) atoms. The smallest absolute Gasteiger partial charge is 0.251 e. The molecule has 0 aromatic heterocycles. The SMILES string of the molecule is O=C(NCCCN1CCC(Cc2ccccc2)CC1)c1ccc(Oc2ccccc2)cc1. The van der Waals surface area contributed by atoms with Crippen LogP contribution in [0.25, 0.3) is 0 Å². The molecule has 1 fully saturated rings. The zero-order valence-electron chi connectivity index (χ0n) is 18.6. The topological polar surface area (TPSA) is 41.6 Å². The molecule has 0 spiro atoms. The first kappa shape index (κ1) is 22.1. The number of benzene rings is 3. The summed E-state index contributed by atoms with van der Waals surface area (Å²) in [5.41, 5.74) is 2.11. The normalized spacial score (nSPS) is 14.8. The number of ether oxygens (including phenoxy) is 1. The third-order valence-corrected chi connectivity index (χ3v) is 6.11. The van der Waals surface area contributed by atoms with Crippen LogP contribution in [0.1, 0.15) is 35.2 Å². The number of amides is 1. The first-order chi connectivity index (χ1) is 15.8. The molecule has 1 aliphatic heterocycles. The molecule has 0 aliphatic carbocycles. The maximum atomic E-state index is 12.4. The molecule has 1 amide bonds. The second-order valence-electron chi connectivity index (χ2n) is 8.52. The van der Waals surface area contributed by atoms with Crippen molar-refractivity contribution in [3.05, 3.63) is 96.1 Å². The number of nitrogens with one attached hydrogen (secondary N) is 1. The molecule has 1 aliphatic rings. The van der Waals surface area contributed by atoms with Crippen molar-refractivity contribution in [2.75, 3.05) is 26.2 Å². The van der Waals surface area contributed by atoms with Crippen molar-refractivity contribution in [2.24, 2.45) is 5.92 Å². The lowest BCUT2D eigenvalue weighted by Crippen LogP contribution is -2.36. The van der Waals surface area contributed by atoms with Crippen LogP contribution in [0.3, 0.4) is 0 Å². The Labute approximate surface area is 191 Å². The summed E-state index contributed by atoms with van der Waals surface area (Å²) in [6.45, 7) is 4.07. The Morgan fingerprint density at radius 1 is 0.844 bits per heavy atom. The van der Waals surface area contributed by atoms with Crippen LogP contribution in [0, 0.1) is 5.92 Å². The van der Waals surface area contributed by atoms with Crippen LogP contribution in [0.5, 0.6) is 11.5 Å². The number of piperidine rings is 1. The van der Waals surface area contributed by atoms with E-state index in [1.165, 1.54) is 24.8 Å². The van der Waals surface area contributed by atoms with Crippen LogP contribution in [0.2, 0.25) is 0 Å². The largest absolute Gasteiger partial charge is 0.457 e. The van der Waals surface area contributed by atoms with Gasteiger partial charge in [-0.3, -0.25) is 4.79 Å². The Hall–Kier alpha value is -3.11. The zero-order valence-corrected chi connectivity index (χ0v) is 18.6. The van der Waals surface area contributed by atoms with Crippen LogP contribution < -0.4 is 10.1 Å². The van der Waals surface area contributed by atoms with E-state index in [1.807, 2.05) is 54.6 Å². The molecular formula is C28H32N2O2. The summed E-state index contributed by atoms with van der Waals surface area (Å²) < 4.78 is 5.78. The Balaban J connectivity index is 1.12. The molecule has 0 unspecified atom stereocenters. The standard InChI is InChI=1S/C28H32N2O2/c31-28(25-12-14-27(15-13-25)32-26-10-5-2-6-11-26)29-18-7-19-30-20-16-24(17-21-30)22-23-8-3-1-4-9-23/h1-6,8-15,24H,7,16-22H2,(H,29,31). The third-order valence-electron chi connectivity index (χ3n) is 6.11. The maximum absolute atomic E-state index is 12.4. The van der Waals surface area contributed by atoms with Gasteiger partial charge in [-0.15, -0.1) is 0 Å². The number of hydrogen-bond acceptors (Lipinski definition) is 3. The van der Waals surface area contributed by atoms with E-state index >= 15 is 0 Å². The van der Waals surface area contributed by atoms with Crippen LogP contribution in [-0.2, 0) is 6.42 Å². The summed E-state index contributed by atoms with van der Waals surface area (Å²) in [6, 6.07) is 27.7. The Bertz CT molecular complexity index is 950. The van der Waals surface area contributed by atoms with Gasteiger partial charge in [0.1, 0.15) is 11.5 Å². The third kappa shape index (κ3) is 6.69. The molecule has 4 rings (SSSR count). The molecule has 4 nitrogen and oxygen atoms in total. The van der Waals surface area contributed by atoms with Crippen molar-refractivity contribution in [2.45, 2.75) is 25.7 Å². The van der Waals surface area contributed by atoms with Gasteiger partial charge >= 0.3 is 0 Å². The second-order valence-corrected chi connectivity index (χ2v) is 8.52. The monoisotopic (exact) mass is 428 g/mol. The van der Waals surface area contributed by atoms with Gasteiger partial charge in [-0.2, -0.15) is 0 Å². The minimum atomic E-state index is -0.0298. The van der Waals surface area contributed by atoms with E-state index in [4.69, 9.17) is 4.74 Å². The van der Waals surface area contributed by atoms with E-state index in [-0.39, 0.29) is 5.91 Å².